The van der Waals surface area contributed by atoms with Crippen molar-refractivity contribution in [1.82, 2.24) is 0 Å². The predicted octanol–water partition coefficient (Wildman–Crippen LogP) is 2.24. The van der Waals surface area contributed by atoms with Crippen LogP contribution in [-0.2, 0) is 9.53 Å². The van der Waals surface area contributed by atoms with E-state index in [2.05, 4.69) is 6.92 Å². The SMILES string of the molecule is CCCCCCCCOC(=O)C(C)N. The van der Waals surface area contributed by atoms with Crippen molar-refractivity contribution in [3.05, 3.63) is 0 Å². The van der Waals surface area contributed by atoms with Gasteiger partial charge in [0.05, 0.1) is 6.61 Å². The highest BCUT2D eigenvalue weighted by Gasteiger charge is 2.07. The minimum Gasteiger partial charge on any atom is -0.465 e. The summed E-state index contributed by atoms with van der Waals surface area (Å²) in [4.78, 5) is 10.9. The molecule has 0 aromatic heterocycles. The molecule has 84 valence electrons. The van der Waals surface area contributed by atoms with Crippen LogP contribution < -0.4 is 5.73 Å². The van der Waals surface area contributed by atoms with Gasteiger partial charge in [-0.15, -0.1) is 0 Å². The van der Waals surface area contributed by atoms with Crippen LogP contribution in [0.15, 0.2) is 0 Å². The lowest BCUT2D eigenvalue weighted by molar-refractivity contribution is -0.144. The van der Waals surface area contributed by atoms with E-state index in [1.807, 2.05) is 0 Å². The number of esters is 1. The lowest BCUT2D eigenvalue weighted by Crippen LogP contribution is -2.28. The van der Waals surface area contributed by atoms with Gasteiger partial charge < -0.3 is 10.5 Å². The number of ether oxygens (including phenoxy) is 1. The number of nitrogens with two attached hydrogens (primary N) is 1. The molecular weight excluding hydrogens is 178 g/mol. The van der Waals surface area contributed by atoms with Crippen molar-refractivity contribution in [3.8, 4) is 0 Å². The molecule has 1 unspecified atom stereocenters. The van der Waals surface area contributed by atoms with Crippen LogP contribution in [0.2, 0.25) is 0 Å². The van der Waals surface area contributed by atoms with Gasteiger partial charge in [0.1, 0.15) is 6.04 Å². The molecule has 0 amide bonds. The third-order valence-electron chi connectivity index (χ3n) is 2.11. The van der Waals surface area contributed by atoms with Gasteiger partial charge in [0.15, 0.2) is 0 Å². The van der Waals surface area contributed by atoms with Crippen LogP contribution in [-0.4, -0.2) is 18.6 Å². The lowest BCUT2D eigenvalue weighted by atomic mass is 10.1. The van der Waals surface area contributed by atoms with E-state index in [-0.39, 0.29) is 5.97 Å². The number of rotatable bonds is 8. The smallest absolute Gasteiger partial charge is 0.322 e. The summed E-state index contributed by atoms with van der Waals surface area (Å²) >= 11 is 0. The molecule has 0 aliphatic heterocycles. The minimum absolute atomic E-state index is 0.293. The van der Waals surface area contributed by atoms with Crippen molar-refractivity contribution in [2.45, 2.75) is 58.4 Å². The van der Waals surface area contributed by atoms with E-state index < -0.39 is 6.04 Å². The van der Waals surface area contributed by atoms with Gasteiger partial charge in [0.25, 0.3) is 0 Å². The van der Waals surface area contributed by atoms with Crippen molar-refractivity contribution in [2.75, 3.05) is 6.61 Å². The van der Waals surface area contributed by atoms with Crippen molar-refractivity contribution >= 4 is 5.97 Å². The largest absolute Gasteiger partial charge is 0.465 e. The molecule has 0 aliphatic carbocycles. The Kier molecular flexibility index (Phi) is 8.64. The van der Waals surface area contributed by atoms with Gasteiger partial charge in [-0.25, -0.2) is 0 Å². The van der Waals surface area contributed by atoms with Gasteiger partial charge in [0.2, 0.25) is 0 Å². The van der Waals surface area contributed by atoms with Crippen LogP contribution in [0.3, 0.4) is 0 Å². The summed E-state index contributed by atoms with van der Waals surface area (Å²) in [6.07, 6.45) is 7.20. The fourth-order valence-electron chi connectivity index (χ4n) is 1.19. The van der Waals surface area contributed by atoms with Crippen molar-refractivity contribution in [3.63, 3.8) is 0 Å². The third kappa shape index (κ3) is 8.05. The predicted molar refractivity (Wildman–Crippen MR) is 58.0 cm³/mol. The van der Waals surface area contributed by atoms with E-state index in [1.54, 1.807) is 6.92 Å². The quantitative estimate of drug-likeness (QED) is 0.484. The Hall–Kier alpha value is -0.570. The Labute approximate surface area is 87.0 Å². The highest BCUT2D eigenvalue weighted by Crippen LogP contribution is 2.04. The summed E-state index contributed by atoms with van der Waals surface area (Å²) in [5.74, 6) is -0.293. The molecule has 1 atom stereocenters. The second-order valence-electron chi connectivity index (χ2n) is 3.72. The average molecular weight is 201 g/mol. The second kappa shape index (κ2) is 9.00. The molecule has 0 aliphatic rings. The Morgan fingerprint density at radius 1 is 1.21 bits per heavy atom. The number of carbonyl (C=O) groups is 1. The topological polar surface area (TPSA) is 52.3 Å². The average Bonchev–Trinajstić information content (AvgIpc) is 2.16. The van der Waals surface area contributed by atoms with E-state index in [9.17, 15) is 4.79 Å². The van der Waals surface area contributed by atoms with Crippen LogP contribution >= 0.6 is 0 Å². The van der Waals surface area contributed by atoms with Crippen molar-refractivity contribution < 1.29 is 9.53 Å². The molecule has 0 spiro atoms. The fraction of sp³-hybridized carbons (Fsp3) is 0.909. The van der Waals surface area contributed by atoms with E-state index in [1.165, 1.54) is 25.7 Å². The fourth-order valence-corrected chi connectivity index (χ4v) is 1.19. The van der Waals surface area contributed by atoms with Crippen LogP contribution in [0.25, 0.3) is 0 Å². The van der Waals surface area contributed by atoms with Crippen LogP contribution in [0.1, 0.15) is 52.4 Å². The first-order valence-corrected chi connectivity index (χ1v) is 5.60. The standard InChI is InChI=1S/C11H23NO2/c1-3-4-5-6-7-8-9-14-11(13)10(2)12/h10H,3-9,12H2,1-2H3. The molecule has 0 aromatic carbocycles. The third-order valence-corrected chi connectivity index (χ3v) is 2.11. The summed E-state index contributed by atoms with van der Waals surface area (Å²) < 4.78 is 4.95. The van der Waals surface area contributed by atoms with Gasteiger partial charge in [0, 0.05) is 0 Å². The highest BCUT2D eigenvalue weighted by molar-refractivity contribution is 5.74. The number of hydrogen-bond acceptors (Lipinski definition) is 3. The molecular formula is C11H23NO2. The molecule has 0 bridgehead atoms. The number of unbranched alkanes of at least 4 members (excludes halogenated alkanes) is 5. The van der Waals surface area contributed by atoms with Gasteiger partial charge in [-0.3, -0.25) is 4.79 Å². The Bertz CT molecular complexity index is 146. The molecule has 0 heterocycles. The molecule has 0 saturated heterocycles. The molecule has 0 saturated carbocycles. The normalized spacial score (nSPS) is 12.5. The molecule has 14 heavy (non-hydrogen) atoms. The molecule has 3 nitrogen and oxygen atoms in total. The maximum absolute atomic E-state index is 10.9. The monoisotopic (exact) mass is 201 g/mol. The van der Waals surface area contributed by atoms with Gasteiger partial charge >= 0.3 is 5.97 Å². The lowest BCUT2D eigenvalue weighted by Gasteiger charge is -2.06. The zero-order valence-corrected chi connectivity index (χ0v) is 9.42. The molecule has 3 heteroatoms. The van der Waals surface area contributed by atoms with Crippen LogP contribution in [0.5, 0.6) is 0 Å². The molecule has 0 aromatic rings. The zero-order chi connectivity index (χ0) is 10.8. The summed E-state index contributed by atoms with van der Waals surface area (Å²) in [5, 5.41) is 0. The number of hydrogen-bond donors (Lipinski definition) is 1. The van der Waals surface area contributed by atoms with Gasteiger partial charge in [-0.05, 0) is 13.3 Å². The van der Waals surface area contributed by atoms with Crippen LogP contribution in [0.4, 0.5) is 0 Å². The molecule has 2 N–H and O–H groups in total. The maximum Gasteiger partial charge on any atom is 0.322 e. The highest BCUT2D eigenvalue weighted by atomic mass is 16.5. The molecule has 0 radical (unpaired) electrons. The van der Waals surface area contributed by atoms with E-state index in [0.29, 0.717) is 6.61 Å². The Morgan fingerprint density at radius 2 is 1.79 bits per heavy atom. The van der Waals surface area contributed by atoms with Gasteiger partial charge in [-0.2, -0.15) is 0 Å². The first kappa shape index (κ1) is 13.4. The van der Waals surface area contributed by atoms with Crippen molar-refractivity contribution in [1.29, 1.82) is 0 Å². The Balaban J connectivity index is 3.10. The van der Waals surface area contributed by atoms with E-state index >= 15 is 0 Å². The second-order valence-corrected chi connectivity index (χ2v) is 3.72. The Morgan fingerprint density at radius 3 is 2.36 bits per heavy atom. The summed E-state index contributed by atoms with van der Waals surface area (Å²) in [7, 11) is 0. The molecule has 0 rings (SSSR count). The maximum atomic E-state index is 10.9. The van der Waals surface area contributed by atoms with E-state index in [0.717, 1.165) is 12.8 Å². The van der Waals surface area contributed by atoms with Crippen molar-refractivity contribution in [2.24, 2.45) is 5.73 Å². The zero-order valence-electron chi connectivity index (χ0n) is 9.42. The molecule has 0 fully saturated rings. The summed E-state index contributed by atoms with van der Waals surface area (Å²) in [6.45, 7) is 4.36. The summed E-state index contributed by atoms with van der Waals surface area (Å²) in [5.41, 5.74) is 5.34. The van der Waals surface area contributed by atoms with Crippen LogP contribution in [0, 0.1) is 0 Å². The summed E-state index contributed by atoms with van der Waals surface area (Å²) in [6, 6.07) is -0.491. The first-order valence-electron chi connectivity index (χ1n) is 5.60. The number of carbonyl (C=O) groups excluding carboxylic acids is 1. The minimum atomic E-state index is -0.491. The van der Waals surface area contributed by atoms with E-state index in [4.69, 9.17) is 10.5 Å². The first-order chi connectivity index (χ1) is 6.68. The van der Waals surface area contributed by atoms with Gasteiger partial charge in [-0.1, -0.05) is 39.0 Å².